The van der Waals surface area contributed by atoms with Gasteiger partial charge in [-0.25, -0.2) is 8.42 Å². The molecule has 1 amide bonds. The van der Waals surface area contributed by atoms with Crippen LogP contribution in [0.4, 0.5) is 5.69 Å². The molecule has 0 radical (unpaired) electrons. The normalized spacial score (nSPS) is 17.7. The number of nitrogens with one attached hydrogen (secondary N) is 1. The molecular weight excluding hydrogens is 324 g/mol. The van der Waals surface area contributed by atoms with Gasteiger partial charge in [0.15, 0.2) is 9.84 Å². The number of rotatable bonds is 6. The Kier molecular flexibility index (Phi) is 6.38. The minimum atomic E-state index is -3.49. The fourth-order valence-corrected chi connectivity index (χ4v) is 5.99. The molecule has 5 nitrogen and oxygen atoms in total. The molecule has 1 saturated carbocycles. The zero-order valence-electron chi connectivity index (χ0n) is 14.8. The van der Waals surface area contributed by atoms with Gasteiger partial charge in [-0.05, 0) is 36.8 Å². The third-order valence-electron chi connectivity index (χ3n) is 4.78. The van der Waals surface area contributed by atoms with E-state index >= 15 is 0 Å². The van der Waals surface area contributed by atoms with Gasteiger partial charge in [0.2, 0.25) is 5.91 Å². The van der Waals surface area contributed by atoms with Gasteiger partial charge in [0.05, 0.1) is 5.25 Å². The molecular formula is C18H28N2O3S. The monoisotopic (exact) mass is 352 g/mol. The Morgan fingerprint density at radius 2 is 1.96 bits per heavy atom. The molecule has 1 aromatic heterocycles. The van der Waals surface area contributed by atoms with Crippen LogP contribution in [-0.2, 0) is 21.1 Å². The van der Waals surface area contributed by atoms with Crippen LogP contribution in [0, 0.1) is 5.92 Å². The van der Waals surface area contributed by atoms with Crippen molar-refractivity contribution >= 4 is 21.4 Å². The molecule has 134 valence electrons. The molecule has 1 aliphatic carbocycles. The van der Waals surface area contributed by atoms with Crippen molar-refractivity contribution in [3.8, 4) is 0 Å². The summed E-state index contributed by atoms with van der Waals surface area (Å²) in [5, 5.41) is 1.45. The van der Waals surface area contributed by atoms with Crippen molar-refractivity contribution in [1.82, 2.24) is 4.98 Å². The van der Waals surface area contributed by atoms with Gasteiger partial charge < -0.3 is 5.32 Å². The predicted molar refractivity (Wildman–Crippen MR) is 96.7 cm³/mol. The standard InChI is InChI=1S/C18H28N2O3S/c1-4-14-12-19-11-10-16(14)20-18(21)17(13(2)3)24(22,23)15-8-6-5-7-9-15/h10-13,15,17H,4-9H2,1-3H3,(H,19,20,21). The fraction of sp³-hybridized carbons (Fsp3) is 0.667. The Morgan fingerprint density at radius 1 is 1.29 bits per heavy atom. The molecule has 0 aromatic carbocycles. The highest BCUT2D eigenvalue weighted by atomic mass is 32.2. The van der Waals surface area contributed by atoms with Gasteiger partial charge in [-0.2, -0.15) is 0 Å². The number of aryl methyl sites for hydroxylation is 1. The maximum Gasteiger partial charge on any atom is 0.242 e. The highest BCUT2D eigenvalue weighted by Crippen LogP contribution is 2.29. The lowest BCUT2D eigenvalue weighted by Crippen LogP contribution is -2.44. The second-order valence-corrected chi connectivity index (χ2v) is 9.24. The van der Waals surface area contributed by atoms with Gasteiger partial charge in [-0.1, -0.05) is 40.0 Å². The minimum Gasteiger partial charge on any atom is -0.325 e. The molecule has 1 aromatic rings. The van der Waals surface area contributed by atoms with Crippen molar-refractivity contribution in [2.75, 3.05) is 5.32 Å². The third-order valence-corrected chi connectivity index (χ3v) is 7.64. The first-order valence-electron chi connectivity index (χ1n) is 8.84. The van der Waals surface area contributed by atoms with Crippen molar-refractivity contribution < 1.29 is 13.2 Å². The van der Waals surface area contributed by atoms with Crippen LogP contribution in [0.5, 0.6) is 0 Å². The molecule has 1 fully saturated rings. The molecule has 1 N–H and O–H groups in total. The smallest absolute Gasteiger partial charge is 0.242 e. The van der Waals surface area contributed by atoms with Gasteiger partial charge in [0.1, 0.15) is 5.25 Å². The van der Waals surface area contributed by atoms with Crippen LogP contribution >= 0.6 is 0 Å². The number of aromatic nitrogens is 1. The highest BCUT2D eigenvalue weighted by molar-refractivity contribution is 7.93. The summed E-state index contributed by atoms with van der Waals surface area (Å²) in [5.74, 6) is -0.680. The second-order valence-electron chi connectivity index (χ2n) is 6.89. The van der Waals surface area contributed by atoms with E-state index in [0.717, 1.165) is 31.2 Å². The van der Waals surface area contributed by atoms with E-state index in [-0.39, 0.29) is 11.2 Å². The van der Waals surface area contributed by atoms with Crippen molar-refractivity contribution in [1.29, 1.82) is 0 Å². The quantitative estimate of drug-likeness (QED) is 0.852. The van der Waals surface area contributed by atoms with Crippen molar-refractivity contribution in [2.24, 2.45) is 5.92 Å². The van der Waals surface area contributed by atoms with Crippen LogP contribution in [-0.4, -0.2) is 29.8 Å². The van der Waals surface area contributed by atoms with E-state index in [4.69, 9.17) is 0 Å². The lowest BCUT2D eigenvalue weighted by Gasteiger charge is -2.28. The highest BCUT2D eigenvalue weighted by Gasteiger charge is 2.41. The molecule has 6 heteroatoms. The Bertz CT molecular complexity index is 665. The maximum absolute atomic E-state index is 13.0. The summed E-state index contributed by atoms with van der Waals surface area (Å²) in [6, 6.07) is 1.72. The Labute approximate surface area is 145 Å². The maximum atomic E-state index is 13.0. The lowest BCUT2D eigenvalue weighted by molar-refractivity contribution is -0.116. The SMILES string of the molecule is CCc1cnccc1NC(=O)C(C(C)C)S(=O)(=O)C1CCCCC1. The number of carbonyl (C=O) groups is 1. The largest absolute Gasteiger partial charge is 0.325 e. The van der Waals surface area contributed by atoms with Crippen molar-refractivity contribution in [2.45, 2.75) is 69.8 Å². The first-order valence-corrected chi connectivity index (χ1v) is 10.4. The third kappa shape index (κ3) is 4.15. The summed E-state index contributed by atoms with van der Waals surface area (Å²) in [6.45, 7) is 5.58. The van der Waals surface area contributed by atoms with Crippen LogP contribution in [0.15, 0.2) is 18.5 Å². The van der Waals surface area contributed by atoms with E-state index in [1.807, 2.05) is 6.92 Å². The molecule has 0 aliphatic heterocycles. The van der Waals surface area contributed by atoms with E-state index in [0.29, 0.717) is 18.5 Å². The van der Waals surface area contributed by atoms with E-state index in [2.05, 4.69) is 10.3 Å². The fourth-order valence-electron chi connectivity index (χ4n) is 3.47. The molecule has 1 unspecified atom stereocenters. The van der Waals surface area contributed by atoms with Crippen molar-refractivity contribution in [3.63, 3.8) is 0 Å². The second kappa shape index (κ2) is 8.10. The molecule has 1 heterocycles. The predicted octanol–water partition coefficient (Wildman–Crippen LogP) is 3.35. The van der Waals surface area contributed by atoms with E-state index in [1.165, 1.54) is 0 Å². The van der Waals surface area contributed by atoms with Crippen LogP contribution in [0.25, 0.3) is 0 Å². The first-order chi connectivity index (χ1) is 11.4. The summed E-state index contributed by atoms with van der Waals surface area (Å²) >= 11 is 0. The lowest BCUT2D eigenvalue weighted by atomic mass is 10.0. The summed E-state index contributed by atoms with van der Waals surface area (Å²) in [4.78, 5) is 16.9. The number of sulfone groups is 1. The summed E-state index contributed by atoms with van der Waals surface area (Å²) in [5.41, 5.74) is 1.56. The van der Waals surface area contributed by atoms with Gasteiger partial charge >= 0.3 is 0 Å². The number of anilines is 1. The Morgan fingerprint density at radius 3 is 2.54 bits per heavy atom. The van der Waals surface area contributed by atoms with Crippen LogP contribution in [0.1, 0.15) is 58.4 Å². The number of hydrogen-bond donors (Lipinski definition) is 1. The Hall–Kier alpha value is -1.43. The zero-order valence-corrected chi connectivity index (χ0v) is 15.6. The number of pyridine rings is 1. The number of amides is 1. The van der Waals surface area contributed by atoms with E-state index in [9.17, 15) is 13.2 Å². The summed E-state index contributed by atoms with van der Waals surface area (Å²) < 4.78 is 26.1. The molecule has 2 rings (SSSR count). The topological polar surface area (TPSA) is 76.1 Å². The summed E-state index contributed by atoms with van der Waals surface area (Å²) in [7, 11) is -3.49. The number of nitrogens with zero attached hydrogens (tertiary/aromatic N) is 1. The molecule has 1 atom stereocenters. The van der Waals surface area contributed by atoms with Crippen molar-refractivity contribution in [3.05, 3.63) is 24.0 Å². The van der Waals surface area contributed by atoms with Crippen LogP contribution in [0.2, 0.25) is 0 Å². The van der Waals surface area contributed by atoms with Gasteiger partial charge in [-0.3, -0.25) is 9.78 Å². The average Bonchev–Trinajstić information content (AvgIpc) is 2.55. The first kappa shape index (κ1) is 18.9. The number of hydrogen-bond acceptors (Lipinski definition) is 4. The number of carbonyl (C=O) groups excluding carboxylic acids is 1. The average molecular weight is 353 g/mol. The molecule has 0 saturated heterocycles. The summed E-state index contributed by atoms with van der Waals surface area (Å²) in [6.07, 6.45) is 8.33. The van der Waals surface area contributed by atoms with E-state index in [1.54, 1.807) is 32.3 Å². The van der Waals surface area contributed by atoms with Gasteiger partial charge in [-0.15, -0.1) is 0 Å². The van der Waals surface area contributed by atoms with Crippen LogP contribution < -0.4 is 5.32 Å². The molecule has 24 heavy (non-hydrogen) atoms. The molecule has 1 aliphatic rings. The van der Waals surface area contributed by atoms with Crippen LogP contribution in [0.3, 0.4) is 0 Å². The molecule has 0 bridgehead atoms. The minimum absolute atomic E-state index is 0.260. The molecule has 0 spiro atoms. The van der Waals surface area contributed by atoms with Gasteiger partial charge in [0, 0.05) is 18.1 Å². The zero-order chi connectivity index (χ0) is 17.7. The van der Waals surface area contributed by atoms with Gasteiger partial charge in [0.25, 0.3) is 0 Å². The van der Waals surface area contributed by atoms with E-state index < -0.39 is 21.0 Å². The Balaban J connectivity index is 2.24.